The summed E-state index contributed by atoms with van der Waals surface area (Å²) >= 11 is 6.22. The first-order valence-electron chi connectivity index (χ1n) is 12.3. The Morgan fingerprint density at radius 2 is 1.98 bits per heavy atom. The molecule has 1 aliphatic rings. The van der Waals surface area contributed by atoms with E-state index in [1.807, 2.05) is 0 Å². The fourth-order valence-electron chi connectivity index (χ4n) is 4.48. The van der Waals surface area contributed by atoms with Crippen molar-refractivity contribution >= 4 is 53.7 Å². The standard InChI is InChI=1S/C27H25ClFN4O7P/c1-32-13-17-6-5-16(11-24(17)33(27(32)35)14-21-22(28)3-2-4-23(21)29)26(34)30-12-20-10-18-9-19(7-8-25(18)40-20)31-15-39-41(36,37)38/h2-11,31H,12-15H2,1H3,(H,30,34)(H2,36,37,38). The lowest BCUT2D eigenvalue weighted by Crippen LogP contribution is -2.45. The van der Waals surface area contributed by atoms with Gasteiger partial charge in [-0.2, -0.15) is 0 Å². The van der Waals surface area contributed by atoms with E-state index in [0.717, 1.165) is 5.56 Å². The Morgan fingerprint density at radius 1 is 1.17 bits per heavy atom. The van der Waals surface area contributed by atoms with Gasteiger partial charge < -0.3 is 29.7 Å². The molecule has 0 saturated heterocycles. The maximum atomic E-state index is 14.5. The van der Waals surface area contributed by atoms with Gasteiger partial charge in [0.25, 0.3) is 5.91 Å². The number of hydrogen-bond acceptors (Lipinski definition) is 6. The Hall–Kier alpha value is -3.93. The van der Waals surface area contributed by atoms with Crippen LogP contribution in [0.15, 0.2) is 65.1 Å². The Morgan fingerprint density at radius 3 is 2.73 bits per heavy atom. The van der Waals surface area contributed by atoms with Crippen LogP contribution in [0.4, 0.5) is 20.6 Å². The van der Waals surface area contributed by atoms with Crippen molar-refractivity contribution in [2.45, 2.75) is 19.6 Å². The van der Waals surface area contributed by atoms with Crippen LogP contribution in [0.25, 0.3) is 11.0 Å². The third-order valence-corrected chi connectivity index (χ3v) is 7.30. The van der Waals surface area contributed by atoms with E-state index in [1.54, 1.807) is 55.6 Å². The zero-order valence-electron chi connectivity index (χ0n) is 21.6. The molecule has 0 atom stereocenters. The van der Waals surface area contributed by atoms with E-state index >= 15 is 0 Å². The highest BCUT2D eigenvalue weighted by atomic mass is 35.5. The van der Waals surface area contributed by atoms with E-state index in [9.17, 15) is 18.5 Å². The van der Waals surface area contributed by atoms with Crippen molar-refractivity contribution in [1.29, 1.82) is 0 Å². The van der Waals surface area contributed by atoms with Gasteiger partial charge in [-0.05, 0) is 54.1 Å². The Labute approximate surface area is 238 Å². The minimum Gasteiger partial charge on any atom is -0.459 e. The summed E-state index contributed by atoms with van der Waals surface area (Å²) in [6, 6.07) is 15.8. The summed E-state index contributed by atoms with van der Waals surface area (Å²) in [6.45, 7) is -0.0816. The lowest BCUT2D eigenvalue weighted by Gasteiger charge is -2.35. The van der Waals surface area contributed by atoms with Gasteiger partial charge in [0.05, 0.1) is 18.8 Å². The molecule has 0 aliphatic carbocycles. The molecule has 0 unspecified atom stereocenters. The molecule has 0 fully saturated rings. The van der Waals surface area contributed by atoms with Crippen LogP contribution in [0.5, 0.6) is 0 Å². The first-order valence-corrected chi connectivity index (χ1v) is 14.2. The van der Waals surface area contributed by atoms with Crippen LogP contribution in [-0.4, -0.2) is 40.4 Å². The molecule has 1 aromatic heterocycles. The van der Waals surface area contributed by atoms with E-state index in [1.165, 1.54) is 21.9 Å². The average molecular weight is 603 g/mol. The molecule has 11 nitrogen and oxygen atoms in total. The lowest BCUT2D eigenvalue weighted by molar-refractivity contribution is 0.0948. The highest BCUT2D eigenvalue weighted by Crippen LogP contribution is 2.36. The summed E-state index contributed by atoms with van der Waals surface area (Å²) in [5.41, 5.74) is 2.87. The van der Waals surface area contributed by atoms with E-state index in [-0.39, 0.29) is 36.4 Å². The quantitative estimate of drug-likeness (QED) is 0.151. The largest absolute Gasteiger partial charge is 0.471 e. The van der Waals surface area contributed by atoms with Crippen LogP contribution in [-0.2, 0) is 28.7 Å². The Bertz CT molecular complexity index is 1670. The summed E-state index contributed by atoms with van der Waals surface area (Å²) in [5, 5.41) is 6.45. The molecule has 1 aliphatic heterocycles. The third-order valence-electron chi connectivity index (χ3n) is 6.48. The van der Waals surface area contributed by atoms with Crippen LogP contribution in [0.3, 0.4) is 0 Å². The maximum absolute atomic E-state index is 14.5. The number of carbonyl (C=O) groups is 2. The molecule has 4 aromatic rings. The summed E-state index contributed by atoms with van der Waals surface area (Å²) in [7, 11) is -2.95. The molecule has 14 heteroatoms. The van der Waals surface area contributed by atoms with Gasteiger partial charge in [0.15, 0.2) is 0 Å². The number of nitrogens with one attached hydrogen (secondary N) is 2. The fourth-order valence-corrected chi connectivity index (χ4v) is 4.94. The predicted octanol–water partition coefficient (Wildman–Crippen LogP) is 5.21. The molecule has 4 N–H and O–H groups in total. The first kappa shape index (κ1) is 28.6. The minimum absolute atomic E-state index is 0.0743. The summed E-state index contributed by atoms with van der Waals surface area (Å²) in [6.07, 6.45) is 0. The lowest BCUT2D eigenvalue weighted by atomic mass is 10.0. The number of benzene rings is 3. The normalized spacial score (nSPS) is 13.4. The van der Waals surface area contributed by atoms with E-state index in [4.69, 9.17) is 25.8 Å². The molecule has 5 rings (SSSR count). The number of nitrogens with zero attached hydrogens (tertiary/aromatic N) is 2. The number of carbonyl (C=O) groups excluding carboxylic acids is 2. The van der Waals surface area contributed by atoms with E-state index in [2.05, 4.69) is 15.2 Å². The molecule has 0 spiro atoms. The molecule has 0 saturated carbocycles. The van der Waals surface area contributed by atoms with Crippen molar-refractivity contribution < 1.29 is 37.3 Å². The highest BCUT2D eigenvalue weighted by molar-refractivity contribution is 7.46. The third kappa shape index (κ3) is 6.53. The van der Waals surface area contributed by atoms with E-state index in [0.29, 0.717) is 40.2 Å². The molecule has 41 heavy (non-hydrogen) atoms. The molecular formula is C27H25ClFN4O7P. The number of rotatable bonds is 9. The summed E-state index contributed by atoms with van der Waals surface area (Å²) in [5.74, 6) is -0.458. The molecular weight excluding hydrogens is 578 g/mol. The van der Waals surface area contributed by atoms with E-state index < -0.39 is 19.5 Å². The predicted molar refractivity (Wildman–Crippen MR) is 150 cm³/mol. The number of fused-ring (bicyclic) bond motifs is 2. The molecule has 3 aromatic carbocycles. The highest BCUT2D eigenvalue weighted by Gasteiger charge is 2.30. The van der Waals surface area contributed by atoms with Gasteiger partial charge in [-0.3, -0.25) is 14.2 Å². The number of phosphoric acid groups is 1. The summed E-state index contributed by atoms with van der Waals surface area (Å²) < 4.78 is 35.5. The van der Waals surface area contributed by atoms with Gasteiger partial charge >= 0.3 is 13.9 Å². The molecule has 0 radical (unpaired) electrons. The molecule has 3 amide bonds. The SMILES string of the molecule is CN1Cc2ccc(C(=O)NCc3cc4cc(NCOP(=O)(O)O)ccc4o3)cc2N(Cc2c(F)cccc2Cl)C1=O. The number of anilines is 2. The second kappa shape index (κ2) is 11.5. The fraction of sp³-hybridized carbons (Fsp3) is 0.185. The second-order valence-electron chi connectivity index (χ2n) is 9.36. The number of urea groups is 1. The van der Waals surface area contributed by atoms with Gasteiger partial charge in [-0.15, -0.1) is 0 Å². The van der Waals surface area contributed by atoms with Crippen LogP contribution in [0.2, 0.25) is 5.02 Å². The number of hydrogen-bond donors (Lipinski definition) is 4. The Kier molecular flexibility index (Phi) is 8.03. The van der Waals surface area contributed by atoms with Crippen molar-refractivity contribution in [2.24, 2.45) is 0 Å². The van der Waals surface area contributed by atoms with Gasteiger partial charge in [-0.1, -0.05) is 23.7 Å². The van der Waals surface area contributed by atoms with Crippen molar-refractivity contribution in [3.05, 3.63) is 94.0 Å². The Balaban J connectivity index is 1.30. The van der Waals surface area contributed by atoms with Crippen molar-refractivity contribution in [1.82, 2.24) is 10.2 Å². The van der Waals surface area contributed by atoms with Crippen LogP contribution < -0.4 is 15.5 Å². The monoisotopic (exact) mass is 602 g/mol. The average Bonchev–Trinajstić information content (AvgIpc) is 3.33. The zero-order chi connectivity index (χ0) is 29.3. The molecule has 0 bridgehead atoms. The van der Waals surface area contributed by atoms with Crippen LogP contribution in [0.1, 0.15) is 27.2 Å². The summed E-state index contributed by atoms with van der Waals surface area (Å²) in [4.78, 5) is 46.6. The number of amides is 3. The number of phosphoric ester groups is 1. The van der Waals surface area contributed by atoms with Crippen molar-refractivity contribution in [3.63, 3.8) is 0 Å². The van der Waals surface area contributed by atoms with Gasteiger partial charge in [0.2, 0.25) is 0 Å². The maximum Gasteiger partial charge on any atom is 0.471 e. The smallest absolute Gasteiger partial charge is 0.459 e. The van der Waals surface area contributed by atoms with Gasteiger partial charge in [0, 0.05) is 40.8 Å². The van der Waals surface area contributed by atoms with Crippen molar-refractivity contribution in [3.8, 4) is 0 Å². The van der Waals surface area contributed by atoms with Crippen molar-refractivity contribution in [2.75, 3.05) is 24.0 Å². The number of halogens is 2. The van der Waals surface area contributed by atoms with Gasteiger partial charge in [-0.25, -0.2) is 13.8 Å². The first-order chi connectivity index (χ1) is 19.5. The second-order valence-corrected chi connectivity index (χ2v) is 11.0. The number of furan rings is 1. The molecule has 2 heterocycles. The minimum atomic E-state index is -4.59. The topological polar surface area (TPSA) is 145 Å². The zero-order valence-corrected chi connectivity index (χ0v) is 23.3. The van der Waals surface area contributed by atoms with Gasteiger partial charge in [0.1, 0.15) is 23.9 Å². The molecule has 214 valence electrons. The van der Waals surface area contributed by atoms with Crippen LogP contribution >= 0.6 is 19.4 Å². The van der Waals surface area contributed by atoms with Crippen LogP contribution in [0, 0.1) is 5.82 Å².